The number of unbranched alkanes of at least 4 members (excludes halogenated alkanes) is 74. The summed E-state index contributed by atoms with van der Waals surface area (Å²) >= 11 is 0. The van der Waals surface area contributed by atoms with Crippen molar-refractivity contribution < 1.29 is 24.2 Å². The minimum absolute atomic E-state index is 0.0565. The van der Waals surface area contributed by atoms with Gasteiger partial charge in [0.1, 0.15) is 6.61 Å². The first-order chi connectivity index (χ1) is 47.6. The van der Waals surface area contributed by atoms with Gasteiger partial charge >= 0.3 is 11.9 Å². The highest BCUT2D eigenvalue weighted by Gasteiger charge is 2.16. The predicted octanol–water partition coefficient (Wildman–Crippen LogP) is 31.8. The van der Waals surface area contributed by atoms with Gasteiger partial charge in [0.05, 0.1) is 6.61 Å². The van der Waals surface area contributed by atoms with Crippen molar-refractivity contribution in [1.82, 2.24) is 0 Å². The van der Waals surface area contributed by atoms with Crippen LogP contribution in [0.4, 0.5) is 0 Å². The first-order valence-electron chi connectivity index (χ1n) is 44.9. The number of esters is 2. The van der Waals surface area contributed by atoms with Crippen molar-refractivity contribution in [3.05, 3.63) is 24.3 Å². The maximum atomic E-state index is 12.4. The van der Waals surface area contributed by atoms with E-state index >= 15 is 0 Å². The molecule has 96 heavy (non-hydrogen) atoms. The lowest BCUT2D eigenvalue weighted by Crippen LogP contribution is -2.28. The van der Waals surface area contributed by atoms with E-state index in [-0.39, 0.29) is 25.2 Å². The summed E-state index contributed by atoms with van der Waals surface area (Å²) in [6, 6.07) is 0. The zero-order chi connectivity index (χ0) is 69.0. The summed E-state index contributed by atoms with van der Waals surface area (Å²) in [7, 11) is 0. The number of allylic oxidation sites excluding steroid dienone is 4. The van der Waals surface area contributed by atoms with Gasteiger partial charge in [0.25, 0.3) is 0 Å². The summed E-state index contributed by atoms with van der Waals surface area (Å²) in [6.07, 6.45) is 118. The number of ether oxygens (including phenoxy) is 2. The minimum atomic E-state index is -0.769. The summed E-state index contributed by atoms with van der Waals surface area (Å²) in [5, 5.41) is 9.75. The van der Waals surface area contributed by atoms with E-state index in [4.69, 9.17) is 9.47 Å². The van der Waals surface area contributed by atoms with Crippen LogP contribution >= 0.6 is 0 Å². The number of carbonyl (C=O) groups excluding carboxylic acids is 2. The molecule has 0 fully saturated rings. The van der Waals surface area contributed by atoms with E-state index in [1.165, 1.54) is 469 Å². The maximum absolute atomic E-state index is 12.4. The van der Waals surface area contributed by atoms with Crippen molar-refractivity contribution in [3.63, 3.8) is 0 Å². The summed E-state index contributed by atoms with van der Waals surface area (Å²) in [6.45, 7) is 4.22. The Morgan fingerprint density at radius 2 is 0.385 bits per heavy atom. The molecule has 1 N–H and O–H groups in total. The first-order valence-corrected chi connectivity index (χ1v) is 44.9. The molecule has 1 unspecified atom stereocenters. The normalized spacial score (nSPS) is 12.2. The molecule has 0 saturated heterocycles. The smallest absolute Gasteiger partial charge is 0.306 e. The lowest BCUT2D eigenvalue weighted by Gasteiger charge is -2.15. The van der Waals surface area contributed by atoms with Crippen LogP contribution in [0.25, 0.3) is 0 Å². The van der Waals surface area contributed by atoms with Gasteiger partial charge in [0.15, 0.2) is 6.10 Å². The molecule has 0 aliphatic heterocycles. The SMILES string of the molecule is CCCCCCCCCC/C=C\CCCCCCCCCCCCCCCCCCCCCCCCCCCCCCCC(=O)OCC(CO)OC(=O)CCCCCCCCCCCCCCCCCCCCCCCCCCCCCCC/C=C\CCCCCCCCCC. The highest BCUT2D eigenvalue weighted by molar-refractivity contribution is 5.70. The van der Waals surface area contributed by atoms with Gasteiger partial charge in [-0.1, -0.05) is 475 Å². The molecule has 0 aromatic heterocycles. The lowest BCUT2D eigenvalue weighted by atomic mass is 10.0. The van der Waals surface area contributed by atoms with Gasteiger partial charge in [-0.05, 0) is 64.2 Å². The molecule has 0 aliphatic rings. The van der Waals surface area contributed by atoms with Gasteiger partial charge in [-0.25, -0.2) is 0 Å². The van der Waals surface area contributed by atoms with E-state index in [0.717, 1.165) is 32.1 Å². The molecule has 0 spiro atoms. The van der Waals surface area contributed by atoms with E-state index in [9.17, 15) is 14.7 Å². The van der Waals surface area contributed by atoms with Gasteiger partial charge in [-0.15, -0.1) is 0 Å². The quantitative estimate of drug-likeness (QED) is 0.0373. The van der Waals surface area contributed by atoms with Crippen molar-refractivity contribution in [1.29, 1.82) is 0 Å². The Balaban J connectivity index is 3.32. The zero-order valence-corrected chi connectivity index (χ0v) is 65.9. The monoisotopic (exact) mass is 1350 g/mol. The summed E-state index contributed by atoms with van der Waals surface area (Å²) in [5.41, 5.74) is 0. The average molecular weight is 1350 g/mol. The fourth-order valence-electron chi connectivity index (χ4n) is 14.5. The number of hydrogen-bond donors (Lipinski definition) is 1. The van der Waals surface area contributed by atoms with Crippen molar-refractivity contribution in [2.45, 2.75) is 534 Å². The van der Waals surface area contributed by atoms with Crippen molar-refractivity contribution >= 4 is 11.9 Å². The fourth-order valence-corrected chi connectivity index (χ4v) is 14.5. The molecular formula is C91H176O5. The molecule has 0 aliphatic carbocycles. The van der Waals surface area contributed by atoms with Gasteiger partial charge in [-0.2, -0.15) is 0 Å². The van der Waals surface area contributed by atoms with Crippen LogP contribution in [0.3, 0.4) is 0 Å². The van der Waals surface area contributed by atoms with E-state index in [2.05, 4.69) is 38.2 Å². The van der Waals surface area contributed by atoms with Crippen LogP contribution in [0.15, 0.2) is 24.3 Å². The van der Waals surface area contributed by atoms with Crippen molar-refractivity contribution in [2.75, 3.05) is 13.2 Å². The van der Waals surface area contributed by atoms with E-state index in [1.807, 2.05) is 0 Å². The van der Waals surface area contributed by atoms with Gasteiger partial charge < -0.3 is 14.6 Å². The third kappa shape index (κ3) is 84.8. The van der Waals surface area contributed by atoms with Gasteiger partial charge in [0.2, 0.25) is 0 Å². The van der Waals surface area contributed by atoms with Crippen molar-refractivity contribution in [2.24, 2.45) is 0 Å². The summed E-state index contributed by atoms with van der Waals surface area (Å²) < 4.78 is 10.8. The van der Waals surface area contributed by atoms with E-state index < -0.39 is 6.10 Å². The van der Waals surface area contributed by atoms with E-state index in [1.54, 1.807) is 0 Å². The molecule has 0 bridgehead atoms. The number of carbonyl (C=O) groups is 2. The molecule has 0 heterocycles. The lowest BCUT2D eigenvalue weighted by molar-refractivity contribution is -0.161. The van der Waals surface area contributed by atoms with E-state index in [0.29, 0.717) is 12.8 Å². The second-order valence-corrected chi connectivity index (χ2v) is 31.0. The van der Waals surface area contributed by atoms with Crippen LogP contribution in [-0.4, -0.2) is 36.4 Å². The third-order valence-electron chi connectivity index (χ3n) is 21.2. The molecule has 0 saturated carbocycles. The molecular weight excluding hydrogens is 1170 g/mol. The van der Waals surface area contributed by atoms with Crippen molar-refractivity contribution in [3.8, 4) is 0 Å². The van der Waals surface area contributed by atoms with Crippen LogP contribution in [0.2, 0.25) is 0 Å². The van der Waals surface area contributed by atoms with Gasteiger partial charge in [0, 0.05) is 12.8 Å². The molecule has 0 rings (SSSR count). The molecule has 0 aromatic rings. The average Bonchev–Trinajstić information content (AvgIpc) is 3.73. The van der Waals surface area contributed by atoms with Crippen LogP contribution < -0.4 is 0 Å². The topological polar surface area (TPSA) is 72.8 Å². The minimum Gasteiger partial charge on any atom is -0.462 e. The Kier molecular flexibility index (Phi) is 86.1. The third-order valence-corrected chi connectivity index (χ3v) is 21.2. The predicted molar refractivity (Wildman–Crippen MR) is 427 cm³/mol. The number of rotatable bonds is 86. The summed E-state index contributed by atoms with van der Waals surface area (Å²) in [5.74, 6) is -0.556. The van der Waals surface area contributed by atoms with Crippen LogP contribution in [-0.2, 0) is 19.1 Å². The number of aliphatic hydroxyl groups excluding tert-OH is 1. The Labute approximate surface area is 604 Å². The standard InChI is InChI=1S/C91H176O5/c1-3-5-7-9-11-13-15-17-19-21-23-25-27-29-31-33-35-37-39-41-43-45-47-49-51-53-55-57-59-61-63-65-67-69-71-73-75-77-79-81-83-85-90(93)95-88-89(87-92)96-91(94)86-84-82-80-78-76-74-72-70-68-66-64-62-60-58-56-54-52-50-48-46-44-42-40-38-36-34-32-30-28-26-24-22-20-18-16-14-12-10-8-6-4-2/h21-24,89,92H,3-20,25-88H2,1-2H3/b23-21-,24-22-. The van der Waals surface area contributed by atoms with Gasteiger partial charge in [-0.3, -0.25) is 9.59 Å². The number of aliphatic hydroxyl groups is 1. The summed E-state index contributed by atoms with van der Waals surface area (Å²) in [4.78, 5) is 24.8. The Hall–Kier alpha value is -1.62. The van der Waals surface area contributed by atoms with Crippen LogP contribution in [0.5, 0.6) is 0 Å². The maximum Gasteiger partial charge on any atom is 0.306 e. The highest BCUT2D eigenvalue weighted by atomic mass is 16.6. The molecule has 0 radical (unpaired) electrons. The highest BCUT2D eigenvalue weighted by Crippen LogP contribution is 2.21. The molecule has 570 valence electrons. The van der Waals surface area contributed by atoms with Crippen LogP contribution in [0.1, 0.15) is 528 Å². The Bertz CT molecular complexity index is 1490. The Morgan fingerprint density at radius 3 is 0.562 bits per heavy atom. The zero-order valence-electron chi connectivity index (χ0n) is 65.9. The second kappa shape index (κ2) is 87.6. The van der Waals surface area contributed by atoms with Crippen LogP contribution in [0, 0.1) is 0 Å². The molecule has 0 amide bonds. The first kappa shape index (κ1) is 94.4. The fraction of sp³-hybridized carbons (Fsp3) is 0.934. The second-order valence-electron chi connectivity index (χ2n) is 31.0. The molecule has 0 aromatic carbocycles. The number of hydrogen-bond acceptors (Lipinski definition) is 5. The Morgan fingerprint density at radius 1 is 0.229 bits per heavy atom. The molecule has 1 atom stereocenters. The largest absolute Gasteiger partial charge is 0.462 e. The molecule has 5 nitrogen and oxygen atoms in total. The molecule has 5 heteroatoms.